The molecule has 0 saturated heterocycles. The number of hydrogen-bond acceptors (Lipinski definition) is 2. The molecule has 1 aromatic carbocycles. The molecule has 0 aromatic heterocycles. The van der Waals surface area contributed by atoms with Crippen molar-refractivity contribution in [3.8, 4) is 0 Å². The Morgan fingerprint density at radius 2 is 1.92 bits per heavy atom. The lowest BCUT2D eigenvalue weighted by molar-refractivity contribution is 0.448. The zero-order valence-electron chi connectivity index (χ0n) is 5.94. The number of rotatable bonds is 1. The fourth-order valence-electron chi connectivity index (χ4n) is 0.705. The standard InChI is InChI=1S/C7HBrF3NS/c8-3-1-4(9)5(10)6(11)7(3)12-2-13/h1H. The van der Waals surface area contributed by atoms with Crippen molar-refractivity contribution >= 4 is 39.0 Å². The van der Waals surface area contributed by atoms with E-state index >= 15 is 0 Å². The second kappa shape index (κ2) is 4.00. The molecule has 0 radical (unpaired) electrons. The number of nitrogens with zero attached hydrogens (tertiary/aromatic N) is 1. The van der Waals surface area contributed by atoms with Gasteiger partial charge in [-0.25, -0.2) is 13.2 Å². The van der Waals surface area contributed by atoms with Crippen LogP contribution in [0.5, 0.6) is 0 Å². The van der Waals surface area contributed by atoms with Crippen LogP contribution in [0.1, 0.15) is 0 Å². The SMILES string of the molecule is Fc1cc(Br)c(N=C=S)c(F)c1F. The lowest BCUT2D eigenvalue weighted by Crippen LogP contribution is -1.91. The maximum atomic E-state index is 12.9. The van der Waals surface area contributed by atoms with Crippen molar-refractivity contribution in [1.29, 1.82) is 0 Å². The van der Waals surface area contributed by atoms with E-state index in [1.54, 1.807) is 0 Å². The Morgan fingerprint density at radius 1 is 1.31 bits per heavy atom. The van der Waals surface area contributed by atoms with Crippen LogP contribution in [0.4, 0.5) is 18.9 Å². The van der Waals surface area contributed by atoms with Gasteiger partial charge in [-0.15, -0.1) is 0 Å². The summed E-state index contributed by atoms with van der Waals surface area (Å²) in [4.78, 5) is 3.24. The van der Waals surface area contributed by atoms with E-state index in [0.717, 1.165) is 6.07 Å². The molecule has 0 fully saturated rings. The maximum Gasteiger partial charge on any atom is 0.196 e. The molecule has 1 aromatic rings. The average Bonchev–Trinajstić information content (AvgIpc) is 2.09. The number of halogens is 4. The number of hydrogen-bond donors (Lipinski definition) is 0. The monoisotopic (exact) mass is 267 g/mol. The molecule has 1 rings (SSSR count). The first kappa shape index (κ1) is 10.4. The van der Waals surface area contributed by atoms with E-state index in [-0.39, 0.29) is 4.47 Å². The van der Waals surface area contributed by atoms with Crippen molar-refractivity contribution in [3.63, 3.8) is 0 Å². The number of aliphatic imine (C=N–C) groups is 1. The Bertz CT molecular complexity index is 401. The summed E-state index contributed by atoms with van der Waals surface area (Å²) in [6.45, 7) is 0. The van der Waals surface area contributed by atoms with Gasteiger partial charge in [0, 0.05) is 0 Å². The predicted molar refractivity (Wildman–Crippen MR) is 48.7 cm³/mol. The largest absolute Gasteiger partial charge is 0.204 e. The summed E-state index contributed by atoms with van der Waals surface area (Å²) in [5, 5.41) is 1.86. The van der Waals surface area contributed by atoms with Crippen molar-refractivity contribution < 1.29 is 13.2 Å². The smallest absolute Gasteiger partial charge is 0.196 e. The van der Waals surface area contributed by atoms with Crippen molar-refractivity contribution in [2.24, 2.45) is 4.99 Å². The van der Waals surface area contributed by atoms with Gasteiger partial charge in [0.25, 0.3) is 0 Å². The average molecular weight is 268 g/mol. The number of thiocarbonyl (C=S) groups is 1. The van der Waals surface area contributed by atoms with Crippen LogP contribution in [0.15, 0.2) is 15.5 Å². The van der Waals surface area contributed by atoms with E-state index in [2.05, 4.69) is 33.1 Å². The third-order valence-corrected chi connectivity index (χ3v) is 1.94. The molecule has 0 amide bonds. The molecule has 0 unspecified atom stereocenters. The highest BCUT2D eigenvalue weighted by atomic mass is 79.9. The van der Waals surface area contributed by atoms with Gasteiger partial charge in [-0.3, -0.25) is 0 Å². The first-order chi connectivity index (χ1) is 6.07. The third kappa shape index (κ3) is 1.96. The molecule has 13 heavy (non-hydrogen) atoms. The Kier molecular flexibility index (Phi) is 3.19. The molecular weight excluding hydrogens is 267 g/mol. The van der Waals surface area contributed by atoms with Crippen LogP contribution in [0.2, 0.25) is 0 Å². The summed E-state index contributed by atoms with van der Waals surface area (Å²) in [6.07, 6.45) is 0. The molecule has 0 aliphatic heterocycles. The van der Waals surface area contributed by atoms with E-state index in [1.807, 2.05) is 5.16 Å². The van der Waals surface area contributed by atoms with E-state index in [0.29, 0.717) is 0 Å². The first-order valence-electron chi connectivity index (χ1n) is 2.98. The molecule has 0 atom stereocenters. The van der Waals surface area contributed by atoms with E-state index < -0.39 is 23.1 Å². The van der Waals surface area contributed by atoms with Crippen LogP contribution in [0, 0.1) is 17.5 Å². The topological polar surface area (TPSA) is 12.4 Å². The lowest BCUT2D eigenvalue weighted by atomic mass is 10.3. The summed E-state index contributed by atoms with van der Waals surface area (Å²) in [5.41, 5.74) is -0.395. The van der Waals surface area contributed by atoms with Crippen LogP contribution in [-0.2, 0) is 0 Å². The van der Waals surface area contributed by atoms with Gasteiger partial charge >= 0.3 is 0 Å². The minimum absolute atomic E-state index is 0.0127. The number of benzene rings is 1. The number of isothiocyanates is 1. The quantitative estimate of drug-likeness (QED) is 0.328. The van der Waals surface area contributed by atoms with Crippen molar-refractivity contribution in [3.05, 3.63) is 28.0 Å². The molecule has 0 aliphatic rings. The second-order valence-corrected chi connectivity index (χ2v) is 3.06. The normalized spacial score (nSPS) is 9.54. The van der Waals surface area contributed by atoms with Crippen LogP contribution in [0.3, 0.4) is 0 Å². The van der Waals surface area contributed by atoms with E-state index in [9.17, 15) is 13.2 Å². The maximum absolute atomic E-state index is 12.9. The van der Waals surface area contributed by atoms with Gasteiger partial charge in [-0.05, 0) is 34.2 Å². The Morgan fingerprint density at radius 3 is 2.46 bits per heavy atom. The van der Waals surface area contributed by atoms with Gasteiger partial charge in [0.2, 0.25) is 0 Å². The van der Waals surface area contributed by atoms with Gasteiger partial charge in [-0.1, -0.05) is 0 Å². The molecule has 0 spiro atoms. The van der Waals surface area contributed by atoms with Gasteiger partial charge in [0.1, 0.15) is 5.69 Å². The summed E-state index contributed by atoms with van der Waals surface area (Å²) in [5.74, 6) is -4.25. The zero-order chi connectivity index (χ0) is 10.0. The third-order valence-electron chi connectivity index (χ3n) is 1.25. The highest BCUT2D eigenvalue weighted by molar-refractivity contribution is 9.10. The van der Waals surface area contributed by atoms with Gasteiger partial charge < -0.3 is 0 Å². The minimum Gasteiger partial charge on any atom is -0.204 e. The second-order valence-electron chi connectivity index (χ2n) is 2.02. The summed E-state index contributed by atoms with van der Waals surface area (Å²) in [6, 6.07) is 0.768. The van der Waals surface area contributed by atoms with Gasteiger partial charge in [0.15, 0.2) is 17.5 Å². The molecule has 0 bridgehead atoms. The highest BCUT2D eigenvalue weighted by Crippen LogP contribution is 2.31. The summed E-state index contributed by atoms with van der Waals surface area (Å²) in [7, 11) is 0. The summed E-state index contributed by atoms with van der Waals surface area (Å²) >= 11 is 7.02. The van der Waals surface area contributed by atoms with Crippen LogP contribution in [0.25, 0.3) is 0 Å². The molecule has 68 valence electrons. The Balaban J connectivity index is 3.52. The van der Waals surface area contributed by atoms with Gasteiger partial charge in [0.05, 0.1) is 9.63 Å². The van der Waals surface area contributed by atoms with E-state index in [1.165, 1.54) is 0 Å². The van der Waals surface area contributed by atoms with Crippen molar-refractivity contribution in [2.45, 2.75) is 0 Å². The van der Waals surface area contributed by atoms with Gasteiger partial charge in [-0.2, -0.15) is 4.99 Å². The van der Waals surface area contributed by atoms with E-state index in [4.69, 9.17) is 0 Å². The lowest BCUT2D eigenvalue weighted by Gasteiger charge is -2.00. The molecule has 0 aliphatic carbocycles. The Hall–Kier alpha value is -0.710. The fraction of sp³-hybridized carbons (Fsp3) is 0. The van der Waals surface area contributed by atoms with Crippen LogP contribution >= 0.6 is 28.1 Å². The molecule has 1 nitrogen and oxygen atoms in total. The first-order valence-corrected chi connectivity index (χ1v) is 4.19. The molecule has 6 heteroatoms. The molecule has 0 heterocycles. The van der Waals surface area contributed by atoms with Crippen LogP contribution < -0.4 is 0 Å². The molecule has 0 saturated carbocycles. The molecule has 0 N–H and O–H groups in total. The minimum atomic E-state index is -1.58. The Labute approximate surface area is 85.4 Å². The van der Waals surface area contributed by atoms with Crippen molar-refractivity contribution in [2.75, 3.05) is 0 Å². The highest BCUT2D eigenvalue weighted by Gasteiger charge is 2.16. The predicted octanol–water partition coefficient (Wildman–Crippen LogP) is 3.60. The fourth-order valence-corrected chi connectivity index (χ4v) is 1.26. The summed E-state index contributed by atoms with van der Waals surface area (Å²) < 4.78 is 38.0. The van der Waals surface area contributed by atoms with Crippen LogP contribution in [-0.4, -0.2) is 5.16 Å². The zero-order valence-corrected chi connectivity index (χ0v) is 8.35. The van der Waals surface area contributed by atoms with Crippen molar-refractivity contribution in [1.82, 2.24) is 0 Å². The molecular formula is C7HBrF3NS.